The van der Waals surface area contributed by atoms with Crippen LogP contribution >= 0.6 is 0 Å². The molecule has 0 unspecified atom stereocenters. The lowest BCUT2D eigenvalue weighted by atomic mass is 10.1. The van der Waals surface area contributed by atoms with E-state index in [9.17, 15) is 4.79 Å². The van der Waals surface area contributed by atoms with Gasteiger partial charge in [-0.15, -0.1) is 0 Å². The molecule has 2 rings (SSSR count). The number of rotatable bonds is 3. The highest BCUT2D eigenvalue weighted by atomic mass is 16.6. The zero-order valence-electron chi connectivity index (χ0n) is 14.6. The van der Waals surface area contributed by atoms with Crippen molar-refractivity contribution in [1.29, 1.82) is 0 Å². The van der Waals surface area contributed by atoms with Gasteiger partial charge in [-0.3, -0.25) is 0 Å². The van der Waals surface area contributed by atoms with Gasteiger partial charge in [0.15, 0.2) is 0 Å². The van der Waals surface area contributed by atoms with Crippen LogP contribution in [0.3, 0.4) is 0 Å². The van der Waals surface area contributed by atoms with Crippen molar-refractivity contribution in [2.45, 2.75) is 51.7 Å². The maximum atomic E-state index is 12.3. The number of methoxy groups -OCH3 is 1. The molecule has 1 aromatic carbocycles. The van der Waals surface area contributed by atoms with Gasteiger partial charge in [-0.05, 0) is 52.2 Å². The lowest BCUT2D eigenvalue weighted by molar-refractivity contribution is 0.0252. The summed E-state index contributed by atoms with van der Waals surface area (Å²) in [4.78, 5) is 14.1. The fourth-order valence-corrected chi connectivity index (χ4v) is 2.74. The first kappa shape index (κ1) is 17.4. The molecular weight excluding hydrogens is 292 g/mol. The summed E-state index contributed by atoms with van der Waals surface area (Å²) in [6.07, 6.45) is 2.89. The fraction of sp³-hybridized carbons (Fsp3) is 0.611. The molecule has 128 valence electrons. The molecule has 0 bridgehead atoms. The van der Waals surface area contributed by atoms with Crippen LogP contribution < -0.4 is 10.1 Å². The predicted molar refractivity (Wildman–Crippen MR) is 92.1 cm³/mol. The number of benzene rings is 1. The van der Waals surface area contributed by atoms with Crippen molar-refractivity contribution >= 4 is 11.8 Å². The summed E-state index contributed by atoms with van der Waals surface area (Å²) in [7, 11) is 1.67. The van der Waals surface area contributed by atoms with E-state index in [1.807, 2.05) is 49.9 Å². The Labute approximate surface area is 139 Å². The zero-order chi connectivity index (χ0) is 16.9. The Hall–Kier alpha value is -1.91. The maximum Gasteiger partial charge on any atom is 0.410 e. The fourth-order valence-electron chi connectivity index (χ4n) is 2.74. The Morgan fingerprint density at radius 1 is 1.26 bits per heavy atom. The maximum absolute atomic E-state index is 12.3. The van der Waals surface area contributed by atoms with Gasteiger partial charge in [-0.25, -0.2) is 4.79 Å². The third-order valence-corrected chi connectivity index (χ3v) is 3.79. The molecule has 1 amide bonds. The van der Waals surface area contributed by atoms with Gasteiger partial charge in [0.25, 0.3) is 0 Å². The number of nitrogens with one attached hydrogen (secondary N) is 1. The highest BCUT2D eigenvalue weighted by Crippen LogP contribution is 2.26. The number of hydrogen-bond acceptors (Lipinski definition) is 4. The molecule has 1 aliphatic heterocycles. The van der Waals surface area contributed by atoms with Crippen LogP contribution in [0.25, 0.3) is 0 Å². The molecule has 1 saturated heterocycles. The first-order chi connectivity index (χ1) is 10.9. The van der Waals surface area contributed by atoms with E-state index in [2.05, 4.69) is 5.32 Å². The van der Waals surface area contributed by atoms with Gasteiger partial charge in [0.05, 0.1) is 12.8 Å². The van der Waals surface area contributed by atoms with Gasteiger partial charge >= 0.3 is 6.09 Å². The number of nitrogens with zero attached hydrogens (tertiary/aromatic N) is 1. The van der Waals surface area contributed by atoms with E-state index in [-0.39, 0.29) is 12.1 Å². The second-order valence-corrected chi connectivity index (χ2v) is 6.96. The van der Waals surface area contributed by atoms with Gasteiger partial charge in [0, 0.05) is 19.1 Å². The molecule has 1 heterocycles. The summed E-state index contributed by atoms with van der Waals surface area (Å²) in [6.45, 7) is 7.08. The minimum Gasteiger partial charge on any atom is -0.495 e. The van der Waals surface area contributed by atoms with Crippen molar-refractivity contribution in [3.8, 4) is 5.75 Å². The van der Waals surface area contributed by atoms with E-state index in [0.717, 1.165) is 37.2 Å². The summed E-state index contributed by atoms with van der Waals surface area (Å²) in [5.41, 5.74) is 0.501. The van der Waals surface area contributed by atoms with E-state index < -0.39 is 5.60 Å². The molecule has 0 aromatic heterocycles. The smallest absolute Gasteiger partial charge is 0.410 e. The lowest BCUT2D eigenvalue weighted by Gasteiger charge is -2.29. The van der Waals surface area contributed by atoms with Crippen LogP contribution in [0, 0.1) is 0 Å². The lowest BCUT2D eigenvalue weighted by Crippen LogP contribution is -2.42. The van der Waals surface area contributed by atoms with Crippen molar-refractivity contribution in [1.82, 2.24) is 4.90 Å². The second kappa shape index (κ2) is 7.57. The number of ether oxygens (including phenoxy) is 2. The molecule has 1 aromatic rings. The zero-order valence-corrected chi connectivity index (χ0v) is 14.6. The van der Waals surface area contributed by atoms with Crippen molar-refractivity contribution in [3.05, 3.63) is 24.3 Å². The molecule has 1 aliphatic rings. The van der Waals surface area contributed by atoms with Crippen molar-refractivity contribution in [2.24, 2.45) is 0 Å². The van der Waals surface area contributed by atoms with Crippen LogP contribution in [0.15, 0.2) is 24.3 Å². The standard InChI is InChI=1S/C18H28N2O3/c1-18(2,3)23-17(21)20-12-8-7-9-14(13-20)19-15-10-5-6-11-16(15)22-4/h5-6,10-11,14,19H,7-9,12-13H2,1-4H3/t14-/m0/s1. The summed E-state index contributed by atoms with van der Waals surface area (Å²) >= 11 is 0. The van der Waals surface area contributed by atoms with Gasteiger partial charge < -0.3 is 19.7 Å². The third-order valence-electron chi connectivity index (χ3n) is 3.79. The van der Waals surface area contributed by atoms with Crippen LogP contribution in [0.5, 0.6) is 5.75 Å². The Morgan fingerprint density at radius 2 is 2.00 bits per heavy atom. The molecule has 0 saturated carbocycles. The van der Waals surface area contributed by atoms with Crippen LogP contribution in [0.1, 0.15) is 40.0 Å². The molecule has 23 heavy (non-hydrogen) atoms. The molecule has 0 spiro atoms. The van der Waals surface area contributed by atoms with Gasteiger partial charge in [-0.1, -0.05) is 12.1 Å². The number of amides is 1. The molecule has 0 aliphatic carbocycles. The first-order valence-electron chi connectivity index (χ1n) is 8.26. The number of hydrogen-bond donors (Lipinski definition) is 1. The van der Waals surface area contributed by atoms with Crippen LogP contribution in [-0.4, -0.2) is 42.8 Å². The van der Waals surface area contributed by atoms with Crippen molar-refractivity contribution in [2.75, 3.05) is 25.5 Å². The van der Waals surface area contributed by atoms with E-state index in [1.54, 1.807) is 7.11 Å². The second-order valence-electron chi connectivity index (χ2n) is 6.96. The summed E-state index contributed by atoms with van der Waals surface area (Å²) in [5.74, 6) is 0.820. The average molecular weight is 320 g/mol. The van der Waals surface area contributed by atoms with Crippen LogP contribution in [0.4, 0.5) is 10.5 Å². The largest absolute Gasteiger partial charge is 0.495 e. The highest BCUT2D eigenvalue weighted by molar-refractivity contribution is 5.68. The van der Waals surface area contributed by atoms with Gasteiger partial charge in [-0.2, -0.15) is 0 Å². The minimum atomic E-state index is -0.463. The molecule has 1 atom stereocenters. The van der Waals surface area contributed by atoms with Gasteiger partial charge in [0.1, 0.15) is 11.4 Å². The topological polar surface area (TPSA) is 50.8 Å². The molecular formula is C18H28N2O3. The Morgan fingerprint density at radius 3 is 2.70 bits per heavy atom. The van der Waals surface area contributed by atoms with Crippen molar-refractivity contribution in [3.63, 3.8) is 0 Å². The number of likely N-dealkylation sites (tertiary alicyclic amines) is 1. The average Bonchev–Trinajstić information content (AvgIpc) is 2.72. The normalized spacial score (nSPS) is 19.0. The third kappa shape index (κ3) is 5.34. The number of para-hydroxylation sites is 2. The van der Waals surface area contributed by atoms with E-state index in [4.69, 9.17) is 9.47 Å². The number of carbonyl (C=O) groups is 1. The molecule has 1 N–H and O–H groups in total. The van der Waals surface area contributed by atoms with Crippen LogP contribution in [0.2, 0.25) is 0 Å². The van der Waals surface area contributed by atoms with Gasteiger partial charge in [0.2, 0.25) is 0 Å². The summed E-state index contributed by atoms with van der Waals surface area (Å²) in [5, 5.41) is 3.51. The highest BCUT2D eigenvalue weighted by Gasteiger charge is 2.26. The molecule has 5 heteroatoms. The number of anilines is 1. The van der Waals surface area contributed by atoms with E-state index in [0.29, 0.717) is 6.54 Å². The summed E-state index contributed by atoms with van der Waals surface area (Å²) < 4.78 is 10.9. The monoisotopic (exact) mass is 320 g/mol. The Bertz CT molecular complexity index is 525. The SMILES string of the molecule is COc1ccccc1N[C@H]1CCCCN(C(=O)OC(C)(C)C)C1. The molecule has 1 fully saturated rings. The van der Waals surface area contributed by atoms with Crippen LogP contribution in [-0.2, 0) is 4.74 Å². The summed E-state index contributed by atoms with van der Waals surface area (Å²) in [6, 6.07) is 8.06. The Kier molecular flexibility index (Phi) is 5.74. The minimum absolute atomic E-state index is 0.196. The molecule has 5 nitrogen and oxygen atoms in total. The predicted octanol–water partition coefficient (Wildman–Crippen LogP) is 3.90. The first-order valence-corrected chi connectivity index (χ1v) is 8.26. The quantitative estimate of drug-likeness (QED) is 0.918. The van der Waals surface area contributed by atoms with E-state index >= 15 is 0 Å². The number of carbonyl (C=O) groups excluding carboxylic acids is 1. The van der Waals surface area contributed by atoms with Crippen molar-refractivity contribution < 1.29 is 14.3 Å². The Balaban J connectivity index is 2.03. The van der Waals surface area contributed by atoms with E-state index in [1.165, 1.54) is 0 Å². The molecule has 0 radical (unpaired) electrons.